The number of carbonyl (C=O) groups is 2. The number of aliphatic carboxylic acids is 1. The van der Waals surface area contributed by atoms with E-state index in [4.69, 9.17) is 14.6 Å². The molecule has 0 saturated carbocycles. The third-order valence-corrected chi connectivity index (χ3v) is 3.16. The molecule has 0 saturated heterocycles. The molecule has 1 aliphatic heterocycles. The molecule has 2 N–H and O–H groups in total. The maximum absolute atomic E-state index is 11.8. The van der Waals surface area contributed by atoms with Crippen LogP contribution in [0.5, 0.6) is 0 Å². The van der Waals surface area contributed by atoms with Crippen molar-refractivity contribution < 1.29 is 24.2 Å². The highest BCUT2D eigenvalue weighted by Gasteiger charge is 2.26. The molecular weight excluding hydrogens is 258 g/mol. The van der Waals surface area contributed by atoms with Crippen molar-refractivity contribution in [3.63, 3.8) is 0 Å². The summed E-state index contributed by atoms with van der Waals surface area (Å²) in [6.07, 6.45) is 1.19. The van der Waals surface area contributed by atoms with E-state index < -0.39 is 17.9 Å². The minimum atomic E-state index is -1.12. The summed E-state index contributed by atoms with van der Waals surface area (Å²) in [6.45, 7) is 0.653. The van der Waals surface area contributed by atoms with Crippen LogP contribution in [0.15, 0.2) is 29.5 Å². The summed E-state index contributed by atoms with van der Waals surface area (Å²) < 4.78 is 10.0. The Hall–Kier alpha value is -2.02. The van der Waals surface area contributed by atoms with Crippen LogP contribution in [-0.2, 0) is 19.1 Å². The molecule has 1 unspecified atom stereocenters. The normalized spacial score (nSPS) is 15.9. The molecule has 18 heavy (non-hydrogen) atoms. The van der Waals surface area contributed by atoms with Gasteiger partial charge in [-0.15, -0.1) is 11.3 Å². The SMILES string of the molecule is O=C(NC(C(=O)O)c1cccs1)C1=COCCO1. The molecule has 0 fully saturated rings. The van der Waals surface area contributed by atoms with Gasteiger partial charge < -0.3 is 19.9 Å². The van der Waals surface area contributed by atoms with Gasteiger partial charge in [-0.2, -0.15) is 0 Å². The zero-order valence-corrected chi connectivity index (χ0v) is 10.1. The van der Waals surface area contributed by atoms with Crippen LogP contribution in [0.3, 0.4) is 0 Å². The van der Waals surface area contributed by atoms with Gasteiger partial charge in [-0.25, -0.2) is 4.79 Å². The highest BCUT2D eigenvalue weighted by atomic mass is 32.1. The number of carboxylic acids is 1. The lowest BCUT2D eigenvalue weighted by Gasteiger charge is -2.17. The van der Waals surface area contributed by atoms with Crippen LogP contribution in [0, 0.1) is 0 Å². The molecule has 2 heterocycles. The summed E-state index contributed by atoms with van der Waals surface area (Å²) in [5.41, 5.74) is 0. The largest absolute Gasteiger partial charge is 0.494 e. The fourth-order valence-corrected chi connectivity index (χ4v) is 2.17. The molecule has 96 valence electrons. The van der Waals surface area contributed by atoms with E-state index in [0.717, 1.165) is 0 Å². The molecule has 0 bridgehead atoms. The molecule has 0 aromatic carbocycles. The van der Waals surface area contributed by atoms with E-state index in [-0.39, 0.29) is 12.4 Å². The van der Waals surface area contributed by atoms with Crippen LogP contribution < -0.4 is 5.32 Å². The van der Waals surface area contributed by atoms with Gasteiger partial charge in [0.15, 0.2) is 6.04 Å². The first kappa shape index (κ1) is 12.4. The number of ether oxygens (including phenoxy) is 2. The molecule has 2 rings (SSSR count). The fourth-order valence-electron chi connectivity index (χ4n) is 1.40. The predicted octanol–water partition coefficient (Wildman–Crippen LogP) is 0.878. The second kappa shape index (κ2) is 5.54. The maximum Gasteiger partial charge on any atom is 0.331 e. The quantitative estimate of drug-likeness (QED) is 0.847. The molecule has 1 aromatic rings. The second-order valence-corrected chi connectivity index (χ2v) is 4.44. The summed E-state index contributed by atoms with van der Waals surface area (Å²) in [4.78, 5) is 23.4. The second-order valence-electron chi connectivity index (χ2n) is 3.46. The molecule has 1 aliphatic rings. The predicted molar refractivity (Wildman–Crippen MR) is 62.8 cm³/mol. The van der Waals surface area contributed by atoms with Gasteiger partial charge in [0.25, 0.3) is 5.91 Å². The van der Waals surface area contributed by atoms with Crippen molar-refractivity contribution >= 4 is 23.2 Å². The molecular formula is C11H11NO5S. The molecule has 1 atom stereocenters. The summed E-state index contributed by atoms with van der Waals surface area (Å²) in [5.74, 6) is -1.73. The van der Waals surface area contributed by atoms with E-state index in [2.05, 4.69) is 5.32 Å². The Morgan fingerprint density at radius 2 is 2.28 bits per heavy atom. The van der Waals surface area contributed by atoms with Crippen LogP contribution in [0.2, 0.25) is 0 Å². The molecule has 1 amide bonds. The summed E-state index contributed by atoms with van der Waals surface area (Å²) >= 11 is 1.26. The number of hydrogen-bond acceptors (Lipinski definition) is 5. The Balaban J connectivity index is 2.08. The van der Waals surface area contributed by atoms with Crippen molar-refractivity contribution in [2.24, 2.45) is 0 Å². The van der Waals surface area contributed by atoms with Crippen LogP contribution in [0.25, 0.3) is 0 Å². The van der Waals surface area contributed by atoms with Crippen LogP contribution in [0.1, 0.15) is 10.9 Å². The number of nitrogens with one attached hydrogen (secondary N) is 1. The number of amides is 1. The first-order chi connectivity index (χ1) is 8.68. The Labute approximate surface area is 107 Å². The minimum absolute atomic E-state index is 0.0101. The van der Waals surface area contributed by atoms with Gasteiger partial charge in [0.05, 0.1) is 0 Å². The number of rotatable bonds is 4. The van der Waals surface area contributed by atoms with Gasteiger partial charge in [0.2, 0.25) is 5.76 Å². The number of hydrogen-bond donors (Lipinski definition) is 2. The van der Waals surface area contributed by atoms with Crippen LogP contribution in [0.4, 0.5) is 0 Å². The lowest BCUT2D eigenvalue weighted by atomic mass is 10.2. The summed E-state index contributed by atoms with van der Waals surface area (Å²) in [6, 6.07) is 2.29. The van der Waals surface area contributed by atoms with Crippen molar-refractivity contribution in [3.8, 4) is 0 Å². The fraction of sp³-hybridized carbons (Fsp3) is 0.273. The van der Waals surface area contributed by atoms with Gasteiger partial charge in [-0.1, -0.05) is 6.07 Å². The Kier molecular flexibility index (Phi) is 3.83. The standard InChI is InChI=1S/C11H11NO5S/c13-10(7-6-16-3-4-17-7)12-9(11(14)15)8-2-1-5-18-8/h1-2,5-6,9H,3-4H2,(H,12,13)(H,14,15). The Morgan fingerprint density at radius 1 is 1.44 bits per heavy atom. The topological polar surface area (TPSA) is 84.9 Å². The van der Waals surface area contributed by atoms with Crippen molar-refractivity contribution in [2.45, 2.75) is 6.04 Å². The van der Waals surface area contributed by atoms with E-state index in [0.29, 0.717) is 11.5 Å². The highest BCUT2D eigenvalue weighted by molar-refractivity contribution is 7.10. The zero-order chi connectivity index (χ0) is 13.0. The van der Waals surface area contributed by atoms with Gasteiger partial charge in [0.1, 0.15) is 19.5 Å². The average Bonchev–Trinajstić information content (AvgIpc) is 2.90. The highest BCUT2D eigenvalue weighted by Crippen LogP contribution is 2.20. The smallest absolute Gasteiger partial charge is 0.331 e. The van der Waals surface area contributed by atoms with E-state index in [9.17, 15) is 9.59 Å². The first-order valence-electron chi connectivity index (χ1n) is 5.20. The zero-order valence-electron chi connectivity index (χ0n) is 9.29. The maximum atomic E-state index is 11.8. The first-order valence-corrected chi connectivity index (χ1v) is 6.08. The molecule has 6 nitrogen and oxygen atoms in total. The monoisotopic (exact) mass is 269 g/mol. The third kappa shape index (κ3) is 2.80. The van der Waals surface area contributed by atoms with Crippen molar-refractivity contribution in [2.75, 3.05) is 13.2 Å². The molecule has 7 heteroatoms. The Morgan fingerprint density at radius 3 is 2.83 bits per heavy atom. The van der Waals surface area contributed by atoms with E-state index >= 15 is 0 Å². The van der Waals surface area contributed by atoms with E-state index in [1.807, 2.05) is 0 Å². The summed E-state index contributed by atoms with van der Waals surface area (Å²) in [7, 11) is 0. The summed E-state index contributed by atoms with van der Waals surface area (Å²) in [5, 5.41) is 13.2. The molecule has 0 radical (unpaired) electrons. The lowest BCUT2D eigenvalue weighted by Crippen LogP contribution is -2.35. The Bertz CT molecular complexity index is 468. The van der Waals surface area contributed by atoms with Gasteiger partial charge >= 0.3 is 5.97 Å². The van der Waals surface area contributed by atoms with Gasteiger partial charge in [0, 0.05) is 4.88 Å². The van der Waals surface area contributed by atoms with E-state index in [1.54, 1.807) is 17.5 Å². The average molecular weight is 269 g/mol. The molecule has 0 aliphatic carbocycles. The van der Waals surface area contributed by atoms with Gasteiger partial charge in [-0.05, 0) is 11.4 Å². The number of thiophene rings is 1. The van der Waals surface area contributed by atoms with Crippen molar-refractivity contribution in [1.29, 1.82) is 0 Å². The van der Waals surface area contributed by atoms with Gasteiger partial charge in [-0.3, -0.25) is 4.79 Å². The minimum Gasteiger partial charge on any atom is -0.494 e. The van der Waals surface area contributed by atoms with E-state index in [1.165, 1.54) is 17.6 Å². The third-order valence-electron chi connectivity index (χ3n) is 2.22. The number of carbonyl (C=O) groups excluding carboxylic acids is 1. The lowest BCUT2D eigenvalue weighted by molar-refractivity contribution is -0.142. The van der Waals surface area contributed by atoms with Crippen molar-refractivity contribution in [3.05, 3.63) is 34.4 Å². The number of carboxylic acid groups (broad SMARTS) is 1. The molecule has 0 spiro atoms. The molecule has 1 aromatic heterocycles. The van der Waals surface area contributed by atoms with Crippen LogP contribution >= 0.6 is 11.3 Å². The van der Waals surface area contributed by atoms with Crippen LogP contribution in [-0.4, -0.2) is 30.2 Å². The van der Waals surface area contributed by atoms with Crippen molar-refractivity contribution in [1.82, 2.24) is 5.32 Å².